The van der Waals surface area contributed by atoms with E-state index in [1.807, 2.05) is 0 Å². The van der Waals surface area contributed by atoms with Crippen LogP contribution in [-0.2, 0) is 9.59 Å². The number of likely N-dealkylation sites (tertiary alicyclic amines) is 2. The minimum absolute atomic E-state index is 0.0527. The molecule has 2 aliphatic heterocycles. The van der Waals surface area contributed by atoms with Gasteiger partial charge in [-0.05, 0) is 90.1 Å². The van der Waals surface area contributed by atoms with Crippen molar-refractivity contribution in [2.24, 2.45) is 28.1 Å². The number of hydrogen-bond acceptors (Lipinski definition) is 4. The Hall–Kier alpha value is -1.14. The Morgan fingerprint density at radius 3 is 1.50 bits per heavy atom. The molecule has 6 heteroatoms. The molecule has 36 heavy (non-hydrogen) atoms. The summed E-state index contributed by atoms with van der Waals surface area (Å²) in [6.07, 6.45) is 7.08. The Morgan fingerprint density at radius 1 is 0.722 bits per heavy atom. The average molecular weight is 509 g/mol. The van der Waals surface area contributed by atoms with E-state index in [1.54, 1.807) is 0 Å². The van der Waals surface area contributed by atoms with Gasteiger partial charge in [-0.3, -0.25) is 9.59 Å². The van der Waals surface area contributed by atoms with Crippen molar-refractivity contribution in [1.29, 1.82) is 0 Å². The fourth-order valence-corrected chi connectivity index (χ4v) is 7.71. The maximum absolute atomic E-state index is 13.7. The van der Waals surface area contributed by atoms with Crippen LogP contribution in [0.3, 0.4) is 0 Å². The van der Waals surface area contributed by atoms with Crippen molar-refractivity contribution in [1.82, 2.24) is 9.80 Å². The maximum Gasteiger partial charge on any atom is 0.310 e. The molecule has 0 amide bonds. The molecule has 0 aromatic rings. The van der Waals surface area contributed by atoms with Gasteiger partial charge >= 0.3 is 11.9 Å². The van der Waals surface area contributed by atoms with Crippen molar-refractivity contribution < 1.29 is 19.8 Å². The van der Waals surface area contributed by atoms with Gasteiger partial charge < -0.3 is 20.0 Å². The van der Waals surface area contributed by atoms with Gasteiger partial charge in [0.1, 0.15) is 0 Å². The Balaban J connectivity index is 2.48. The molecule has 0 aliphatic carbocycles. The largest absolute Gasteiger partial charge is 0.481 e. The predicted octanol–water partition coefficient (Wildman–Crippen LogP) is 6.39. The summed E-state index contributed by atoms with van der Waals surface area (Å²) < 4.78 is 0. The highest BCUT2D eigenvalue weighted by atomic mass is 16.4. The highest BCUT2D eigenvalue weighted by Gasteiger charge is 2.63. The lowest BCUT2D eigenvalue weighted by atomic mass is 9.46. The minimum Gasteiger partial charge on any atom is -0.481 e. The number of rotatable bonds is 11. The van der Waals surface area contributed by atoms with Crippen molar-refractivity contribution in [3.8, 4) is 0 Å². The number of carbonyl (C=O) groups is 2. The van der Waals surface area contributed by atoms with Crippen LogP contribution in [0.5, 0.6) is 0 Å². The number of carboxylic acids is 2. The molecular weight excluding hydrogens is 452 g/mol. The molecule has 0 saturated carbocycles. The Kier molecular flexibility index (Phi) is 9.43. The van der Waals surface area contributed by atoms with E-state index >= 15 is 0 Å². The summed E-state index contributed by atoms with van der Waals surface area (Å²) in [5.41, 5.74) is -1.14. The monoisotopic (exact) mass is 508 g/mol. The summed E-state index contributed by atoms with van der Waals surface area (Å²) in [5, 5.41) is 20.2. The highest BCUT2D eigenvalue weighted by Crippen LogP contribution is 2.62. The van der Waals surface area contributed by atoms with Crippen LogP contribution >= 0.6 is 0 Å². The predicted molar refractivity (Wildman–Crippen MR) is 147 cm³/mol. The van der Waals surface area contributed by atoms with Gasteiger partial charge in [-0.25, -0.2) is 0 Å². The van der Waals surface area contributed by atoms with E-state index in [2.05, 4.69) is 79.3 Å². The van der Waals surface area contributed by atoms with E-state index in [-0.39, 0.29) is 40.2 Å². The van der Waals surface area contributed by atoms with Crippen molar-refractivity contribution in [3.63, 3.8) is 0 Å². The number of unbranched alkanes of at least 4 members (excludes halogenated alkanes) is 4. The maximum atomic E-state index is 13.7. The molecule has 2 aliphatic rings. The normalized spacial score (nSPS) is 29.4. The molecule has 0 bridgehead atoms. The minimum atomic E-state index is -0.800. The molecule has 0 aromatic heterocycles. The second-order valence-electron chi connectivity index (χ2n) is 14.8. The van der Waals surface area contributed by atoms with Crippen molar-refractivity contribution in [2.75, 3.05) is 27.2 Å². The van der Waals surface area contributed by atoms with E-state index in [1.165, 1.54) is 0 Å². The van der Waals surface area contributed by atoms with Gasteiger partial charge in [0.25, 0.3) is 0 Å². The van der Waals surface area contributed by atoms with Crippen LogP contribution in [-0.4, -0.2) is 70.2 Å². The van der Waals surface area contributed by atoms with Crippen LogP contribution < -0.4 is 0 Å². The Morgan fingerprint density at radius 2 is 1.11 bits per heavy atom. The first-order valence-electron chi connectivity index (χ1n) is 14.2. The lowest BCUT2D eigenvalue weighted by Gasteiger charge is -2.63. The van der Waals surface area contributed by atoms with Crippen molar-refractivity contribution in [2.45, 2.75) is 124 Å². The number of carboxylic acid groups (broad SMARTS) is 2. The third kappa shape index (κ3) is 6.46. The summed E-state index contributed by atoms with van der Waals surface area (Å²) in [6, 6.07) is 0. The van der Waals surface area contributed by atoms with Crippen molar-refractivity contribution >= 4 is 11.9 Å². The van der Waals surface area contributed by atoms with E-state index in [4.69, 9.17) is 5.11 Å². The quantitative estimate of drug-likeness (QED) is 0.315. The fraction of sp³-hybridized carbons (Fsp3) is 0.933. The van der Waals surface area contributed by atoms with Crippen LogP contribution in [0.15, 0.2) is 0 Å². The topological polar surface area (TPSA) is 81.1 Å². The molecule has 0 aromatic carbocycles. The molecule has 2 saturated heterocycles. The molecular formula is C30H56N2O4. The van der Waals surface area contributed by atoms with E-state index in [0.717, 1.165) is 51.6 Å². The van der Waals surface area contributed by atoms with E-state index in [0.29, 0.717) is 12.8 Å². The lowest BCUT2D eigenvalue weighted by molar-refractivity contribution is -0.191. The zero-order valence-electron chi connectivity index (χ0n) is 25.0. The zero-order chi connectivity index (χ0) is 27.7. The first-order valence-corrected chi connectivity index (χ1v) is 14.2. The number of hydrogen-bond donors (Lipinski definition) is 2. The van der Waals surface area contributed by atoms with Gasteiger partial charge in [-0.1, -0.05) is 53.4 Å². The third-order valence-corrected chi connectivity index (χ3v) is 10.3. The highest BCUT2D eigenvalue weighted by molar-refractivity contribution is 5.76. The molecule has 2 rings (SSSR count). The summed E-state index contributed by atoms with van der Waals surface area (Å²) >= 11 is 0. The van der Waals surface area contributed by atoms with Gasteiger partial charge in [0, 0.05) is 30.6 Å². The Bertz CT molecular complexity index is 744. The van der Waals surface area contributed by atoms with Crippen molar-refractivity contribution in [3.05, 3.63) is 0 Å². The summed E-state index contributed by atoms with van der Waals surface area (Å²) in [4.78, 5) is 29.4. The molecule has 210 valence electrons. The first kappa shape index (κ1) is 31.1. The molecule has 2 heterocycles. The second kappa shape index (κ2) is 10.9. The van der Waals surface area contributed by atoms with Crippen LogP contribution in [0.1, 0.15) is 113 Å². The molecule has 2 fully saturated rings. The summed E-state index contributed by atoms with van der Waals surface area (Å²) in [5.74, 6) is -1.20. The van der Waals surface area contributed by atoms with Gasteiger partial charge in [0.2, 0.25) is 0 Å². The summed E-state index contributed by atoms with van der Waals surface area (Å²) in [7, 11) is 4.36. The lowest BCUT2D eigenvalue weighted by Crippen LogP contribution is -2.66. The van der Waals surface area contributed by atoms with Gasteiger partial charge in [-0.15, -0.1) is 0 Å². The van der Waals surface area contributed by atoms with Crippen LogP contribution in [0.2, 0.25) is 0 Å². The number of aliphatic carboxylic acids is 2. The number of nitrogens with zero attached hydrogens (tertiary/aromatic N) is 2. The molecule has 2 N–H and O–H groups in total. The molecule has 6 nitrogen and oxygen atoms in total. The molecule has 2 atom stereocenters. The van der Waals surface area contributed by atoms with E-state index in [9.17, 15) is 14.7 Å². The molecule has 2 unspecified atom stereocenters. The molecule has 0 spiro atoms. The summed E-state index contributed by atoms with van der Waals surface area (Å²) in [6.45, 7) is 20.0. The fourth-order valence-electron chi connectivity index (χ4n) is 7.71. The standard InChI is InChI=1S/C30H56N2O4/c1-26(2)20-31(9)28(5,6)18-22(26)30(25(35)36,17-15-13-11-12-14-16-24(33)34)23-19-29(7,8)32(10)21-27(23,3)4/h22-23H,11-21H2,1-10H3,(H,33,34)(H,35,36). The average Bonchev–Trinajstić information content (AvgIpc) is 2.70. The number of piperidine rings is 2. The van der Waals surface area contributed by atoms with Gasteiger partial charge in [0.05, 0.1) is 5.41 Å². The van der Waals surface area contributed by atoms with Crippen LogP contribution in [0, 0.1) is 28.1 Å². The zero-order valence-corrected chi connectivity index (χ0v) is 25.0. The Labute approximate surface area is 221 Å². The molecule has 0 radical (unpaired) electrons. The first-order chi connectivity index (χ1) is 16.3. The second-order valence-corrected chi connectivity index (χ2v) is 14.8. The third-order valence-electron chi connectivity index (χ3n) is 10.3. The smallest absolute Gasteiger partial charge is 0.310 e. The SMILES string of the molecule is CN1CC(C)(C)C(C(CCCCCCCC(=O)O)(C(=O)O)C2CC(C)(C)N(C)CC2(C)C)CC1(C)C. The van der Waals surface area contributed by atoms with Crippen LogP contribution in [0.25, 0.3) is 0 Å². The van der Waals surface area contributed by atoms with Gasteiger partial charge in [0.15, 0.2) is 0 Å². The van der Waals surface area contributed by atoms with E-state index < -0.39 is 17.4 Å². The van der Waals surface area contributed by atoms with Crippen LogP contribution in [0.4, 0.5) is 0 Å². The van der Waals surface area contributed by atoms with Gasteiger partial charge in [-0.2, -0.15) is 0 Å².